The number of thiophene rings is 2. The molecule has 164 valence electrons. The van der Waals surface area contributed by atoms with Gasteiger partial charge >= 0.3 is 6.03 Å². The van der Waals surface area contributed by atoms with Gasteiger partial charge in [0, 0.05) is 47.3 Å². The van der Waals surface area contributed by atoms with E-state index in [1.807, 2.05) is 11.3 Å². The normalized spacial score (nSPS) is 18.5. The molecule has 0 saturated carbocycles. The van der Waals surface area contributed by atoms with Crippen LogP contribution in [0.1, 0.15) is 57.7 Å². The molecule has 0 saturated heterocycles. The first-order chi connectivity index (χ1) is 15.0. The average molecular weight is 455 g/mol. The van der Waals surface area contributed by atoms with Gasteiger partial charge in [0.05, 0.1) is 5.00 Å². The summed E-state index contributed by atoms with van der Waals surface area (Å²) in [6.45, 7) is 7.06. The zero-order valence-electron chi connectivity index (χ0n) is 18.5. The number of aromatic nitrogens is 1. The quantitative estimate of drug-likeness (QED) is 0.534. The molecule has 0 bridgehead atoms. The number of hydrogen-bond donors (Lipinski definition) is 2. The fourth-order valence-electron chi connectivity index (χ4n) is 5.01. The first-order valence-electron chi connectivity index (χ1n) is 11.1. The van der Waals surface area contributed by atoms with E-state index in [4.69, 9.17) is 0 Å². The molecular formula is C24H30N4OS2. The lowest BCUT2D eigenvalue weighted by Crippen LogP contribution is -2.30. The number of carbonyl (C=O) groups excluding carboxylic acids is 1. The predicted octanol–water partition coefficient (Wildman–Crippen LogP) is 5.66. The van der Waals surface area contributed by atoms with E-state index in [0.29, 0.717) is 12.5 Å². The Morgan fingerprint density at radius 3 is 2.77 bits per heavy atom. The first kappa shape index (κ1) is 20.8. The van der Waals surface area contributed by atoms with Crippen LogP contribution in [0.5, 0.6) is 0 Å². The Hall–Kier alpha value is -2.09. The number of likely N-dealkylation sites (N-methyl/N-ethyl adjacent to an activating group) is 1. The number of fused-ring (bicyclic) bond motifs is 2. The summed E-state index contributed by atoms with van der Waals surface area (Å²) in [4.78, 5) is 18.1. The maximum Gasteiger partial charge on any atom is 0.320 e. The molecule has 3 aromatic rings. The van der Waals surface area contributed by atoms with Gasteiger partial charge in [-0.2, -0.15) is 0 Å². The third-order valence-corrected chi connectivity index (χ3v) is 9.19. The number of hydrogen-bond acceptors (Lipinski definition) is 4. The van der Waals surface area contributed by atoms with Crippen LogP contribution in [-0.2, 0) is 25.9 Å². The molecule has 3 aromatic heterocycles. The number of rotatable bonds is 4. The first-order valence-corrected chi connectivity index (χ1v) is 12.8. The number of anilines is 1. The highest BCUT2D eigenvalue weighted by atomic mass is 32.1. The molecule has 0 spiro atoms. The lowest BCUT2D eigenvalue weighted by atomic mass is 9.87. The van der Waals surface area contributed by atoms with Gasteiger partial charge in [-0.25, -0.2) is 4.79 Å². The lowest BCUT2D eigenvalue weighted by Gasteiger charge is -2.22. The van der Waals surface area contributed by atoms with Crippen LogP contribution in [-0.4, -0.2) is 29.1 Å². The van der Waals surface area contributed by atoms with Gasteiger partial charge in [0.25, 0.3) is 0 Å². The van der Waals surface area contributed by atoms with Gasteiger partial charge in [-0.05, 0) is 74.4 Å². The largest absolute Gasteiger partial charge is 0.334 e. The second-order valence-electron chi connectivity index (χ2n) is 8.86. The zero-order valence-corrected chi connectivity index (χ0v) is 20.1. The molecule has 1 atom stereocenters. The van der Waals surface area contributed by atoms with Gasteiger partial charge in [-0.1, -0.05) is 6.92 Å². The van der Waals surface area contributed by atoms with Crippen molar-refractivity contribution in [3.8, 4) is 5.00 Å². The van der Waals surface area contributed by atoms with Crippen molar-refractivity contribution in [2.24, 2.45) is 0 Å². The van der Waals surface area contributed by atoms with E-state index in [1.165, 1.54) is 49.9 Å². The number of amides is 2. The Morgan fingerprint density at radius 1 is 1.19 bits per heavy atom. The average Bonchev–Trinajstić information content (AvgIpc) is 3.45. The fraction of sp³-hybridized carbons (Fsp3) is 0.458. The summed E-state index contributed by atoms with van der Waals surface area (Å²) < 4.78 is 2.18. The molecule has 4 heterocycles. The van der Waals surface area contributed by atoms with Gasteiger partial charge < -0.3 is 14.8 Å². The molecular weight excluding hydrogens is 424 g/mol. The molecule has 31 heavy (non-hydrogen) atoms. The van der Waals surface area contributed by atoms with Gasteiger partial charge in [0.1, 0.15) is 5.00 Å². The van der Waals surface area contributed by atoms with E-state index in [1.54, 1.807) is 11.3 Å². The standard InChI is InChI=1S/C24H30N4OS2/c1-15-7-6-8-19-21(15)16(2)22(30-19)26-24(29)25-13-18-17-9-12-27(3)14-20(17)31-23(18)28-10-4-5-11-28/h4-5,10-11,15H,6-9,12-14H2,1-3H3,(H2,25,26,29). The number of nitrogens with zero attached hydrogens (tertiary/aromatic N) is 2. The smallest absolute Gasteiger partial charge is 0.320 e. The summed E-state index contributed by atoms with van der Waals surface area (Å²) in [5, 5.41) is 8.54. The van der Waals surface area contributed by atoms with Crippen molar-refractivity contribution >= 4 is 33.7 Å². The molecule has 2 amide bonds. The summed E-state index contributed by atoms with van der Waals surface area (Å²) >= 11 is 3.61. The Morgan fingerprint density at radius 2 is 2.00 bits per heavy atom. The van der Waals surface area contributed by atoms with E-state index in [2.05, 4.69) is 65.5 Å². The van der Waals surface area contributed by atoms with E-state index in [9.17, 15) is 4.79 Å². The summed E-state index contributed by atoms with van der Waals surface area (Å²) in [6, 6.07) is 3.99. The molecule has 7 heteroatoms. The zero-order chi connectivity index (χ0) is 21.5. The molecule has 5 nitrogen and oxygen atoms in total. The summed E-state index contributed by atoms with van der Waals surface area (Å²) in [5.74, 6) is 0.596. The second-order valence-corrected chi connectivity index (χ2v) is 11.0. The highest BCUT2D eigenvalue weighted by Crippen LogP contribution is 2.43. The van der Waals surface area contributed by atoms with Gasteiger partial charge in [0.2, 0.25) is 0 Å². The highest BCUT2D eigenvalue weighted by molar-refractivity contribution is 7.16. The molecule has 2 N–H and O–H groups in total. The van der Waals surface area contributed by atoms with Crippen LogP contribution in [0.25, 0.3) is 5.00 Å². The van der Waals surface area contributed by atoms with Crippen molar-refractivity contribution in [2.45, 2.75) is 58.5 Å². The Labute approximate surface area is 192 Å². The van der Waals surface area contributed by atoms with Crippen LogP contribution in [0.2, 0.25) is 0 Å². The monoisotopic (exact) mass is 454 g/mol. The van der Waals surface area contributed by atoms with Crippen molar-refractivity contribution < 1.29 is 4.79 Å². The van der Waals surface area contributed by atoms with Crippen molar-refractivity contribution in [3.05, 3.63) is 56.5 Å². The molecule has 0 fully saturated rings. The minimum atomic E-state index is -0.110. The Kier molecular flexibility index (Phi) is 5.67. The van der Waals surface area contributed by atoms with Crippen LogP contribution in [0, 0.1) is 6.92 Å². The molecule has 1 unspecified atom stereocenters. The maximum atomic E-state index is 12.8. The number of urea groups is 1. The number of aryl methyl sites for hydroxylation is 1. The summed E-state index contributed by atoms with van der Waals surface area (Å²) in [5.41, 5.74) is 5.41. The molecule has 1 aliphatic carbocycles. The summed E-state index contributed by atoms with van der Waals surface area (Å²) in [7, 11) is 2.17. The van der Waals surface area contributed by atoms with Crippen LogP contribution < -0.4 is 10.6 Å². The van der Waals surface area contributed by atoms with Gasteiger partial charge in [0.15, 0.2) is 0 Å². The summed E-state index contributed by atoms with van der Waals surface area (Å²) in [6.07, 6.45) is 8.86. The Bertz CT molecular complexity index is 1100. The SMILES string of the molecule is Cc1c(NC(=O)NCc2c(-n3cccc3)sc3c2CCN(C)C3)sc2c1C(C)CCC2. The predicted molar refractivity (Wildman–Crippen MR) is 130 cm³/mol. The molecule has 5 rings (SSSR count). The minimum absolute atomic E-state index is 0.110. The lowest BCUT2D eigenvalue weighted by molar-refractivity contribution is 0.251. The van der Waals surface area contributed by atoms with E-state index >= 15 is 0 Å². The van der Waals surface area contributed by atoms with Crippen LogP contribution in [0.4, 0.5) is 9.80 Å². The highest BCUT2D eigenvalue weighted by Gasteiger charge is 2.26. The van der Waals surface area contributed by atoms with E-state index in [0.717, 1.165) is 30.9 Å². The van der Waals surface area contributed by atoms with E-state index in [-0.39, 0.29) is 6.03 Å². The van der Waals surface area contributed by atoms with Gasteiger partial charge in [-0.3, -0.25) is 5.32 Å². The van der Waals surface area contributed by atoms with Crippen molar-refractivity contribution in [1.29, 1.82) is 0 Å². The molecule has 1 aliphatic heterocycles. The number of nitrogens with one attached hydrogen (secondary N) is 2. The third-order valence-electron chi connectivity index (χ3n) is 6.63. The third kappa shape index (κ3) is 3.95. The maximum absolute atomic E-state index is 12.8. The van der Waals surface area contributed by atoms with Gasteiger partial charge in [-0.15, -0.1) is 22.7 Å². The van der Waals surface area contributed by atoms with Crippen molar-refractivity contribution in [2.75, 3.05) is 18.9 Å². The number of carbonyl (C=O) groups is 1. The van der Waals surface area contributed by atoms with Crippen LogP contribution in [0.3, 0.4) is 0 Å². The fourth-order valence-corrected chi connectivity index (χ4v) is 7.78. The van der Waals surface area contributed by atoms with Crippen molar-refractivity contribution in [3.63, 3.8) is 0 Å². The van der Waals surface area contributed by atoms with Crippen LogP contribution >= 0.6 is 22.7 Å². The topological polar surface area (TPSA) is 49.3 Å². The van der Waals surface area contributed by atoms with E-state index < -0.39 is 0 Å². The van der Waals surface area contributed by atoms with Crippen LogP contribution in [0.15, 0.2) is 24.5 Å². The van der Waals surface area contributed by atoms with Crippen molar-refractivity contribution in [1.82, 2.24) is 14.8 Å². The molecule has 0 radical (unpaired) electrons. The second kappa shape index (κ2) is 8.45. The molecule has 2 aliphatic rings. The minimum Gasteiger partial charge on any atom is -0.334 e. The molecule has 0 aromatic carbocycles. The Balaban J connectivity index is 1.34.